The molecule has 0 bridgehead atoms. The van der Waals surface area contributed by atoms with Crippen molar-refractivity contribution < 1.29 is 4.43 Å². The summed E-state index contributed by atoms with van der Waals surface area (Å²) in [6.07, 6.45) is 1.26. The van der Waals surface area contributed by atoms with Crippen molar-refractivity contribution >= 4 is 17.2 Å². The van der Waals surface area contributed by atoms with Crippen LogP contribution in [0.1, 0.15) is 6.42 Å². The molecule has 0 spiro atoms. The molecule has 1 aliphatic heterocycles. The van der Waals surface area contributed by atoms with Crippen LogP contribution < -0.4 is 0 Å². The number of rotatable bonds is 2. The molecule has 0 atom stereocenters. The highest BCUT2D eigenvalue weighted by Gasteiger charge is 2.41. The van der Waals surface area contributed by atoms with Crippen molar-refractivity contribution in [1.29, 1.82) is 0 Å². The van der Waals surface area contributed by atoms with E-state index in [9.17, 15) is 0 Å². The number of nitrogens with zero attached hydrogens (tertiary/aromatic N) is 2. The second-order valence-corrected chi connectivity index (χ2v) is 13.1. The second-order valence-electron chi connectivity index (χ2n) is 3.93. The lowest BCUT2D eigenvalue weighted by Crippen LogP contribution is -2.67. The Bertz CT molecular complexity index is 136. The third-order valence-electron chi connectivity index (χ3n) is 2.86. The van der Waals surface area contributed by atoms with Crippen LogP contribution in [0.4, 0.5) is 0 Å². The van der Waals surface area contributed by atoms with Crippen molar-refractivity contribution in [2.75, 3.05) is 34.8 Å². The minimum atomic E-state index is -1.25. The van der Waals surface area contributed by atoms with E-state index in [0.29, 0.717) is 0 Å². The maximum absolute atomic E-state index is 5.73. The summed E-state index contributed by atoms with van der Waals surface area (Å²) in [7, 11) is 7.32. The molecule has 1 saturated heterocycles. The first-order chi connectivity index (χ1) is 5.59. The molecule has 0 aromatic heterocycles. The average Bonchev–Trinajstić information content (AvgIpc) is 2.05. The first-order valence-electron chi connectivity index (χ1n) is 4.52. The van der Waals surface area contributed by atoms with Gasteiger partial charge in [-0.05, 0) is 40.7 Å². The highest BCUT2D eigenvalue weighted by Crippen LogP contribution is 2.20. The highest BCUT2D eigenvalue weighted by molar-refractivity contribution is 7.19. The third kappa shape index (κ3) is 1.80. The van der Waals surface area contributed by atoms with Gasteiger partial charge >= 0.3 is 0 Å². The Morgan fingerprint density at radius 1 is 1.17 bits per heavy atom. The van der Waals surface area contributed by atoms with Crippen molar-refractivity contribution in [2.45, 2.75) is 12.5 Å². The molecule has 0 aromatic rings. The van der Waals surface area contributed by atoms with Gasteiger partial charge in [-0.15, -0.1) is 0 Å². The van der Waals surface area contributed by atoms with Gasteiger partial charge in [-0.3, -0.25) is 0 Å². The van der Waals surface area contributed by atoms with Gasteiger partial charge in [0.15, 0.2) is 9.28 Å². The maximum atomic E-state index is 5.73. The summed E-state index contributed by atoms with van der Waals surface area (Å²) in [5.74, 6) is 0. The van der Waals surface area contributed by atoms with E-state index < -0.39 is 7.91 Å². The summed E-state index contributed by atoms with van der Waals surface area (Å²) in [5, 5.41) is 0. The zero-order valence-electron chi connectivity index (χ0n) is 8.63. The van der Waals surface area contributed by atoms with Crippen LogP contribution in [0, 0.1) is 0 Å². The fraction of sp³-hybridized carbons (Fsp3) is 1.00. The van der Waals surface area contributed by atoms with Gasteiger partial charge in [0.05, 0.1) is 0 Å². The van der Waals surface area contributed by atoms with Crippen molar-refractivity contribution in [2.24, 2.45) is 0 Å². The summed E-state index contributed by atoms with van der Waals surface area (Å²) in [5.41, 5.74) is 0. The predicted octanol–water partition coefficient (Wildman–Crippen LogP) is -0.447. The molecule has 1 rings (SSSR count). The van der Waals surface area contributed by atoms with E-state index in [4.69, 9.17) is 4.43 Å². The van der Waals surface area contributed by atoms with Crippen LogP contribution >= 0.6 is 0 Å². The SMILES string of the molecule is CN(C)[Si]1(N(C)C)CCCO[SiH2]1. The zero-order valence-corrected chi connectivity index (χ0v) is 11.0. The maximum Gasteiger partial charge on any atom is 0.216 e. The van der Waals surface area contributed by atoms with Crippen LogP contribution in [0.25, 0.3) is 0 Å². The lowest BCUT2D eigenvalue weighted by Gasteiger charge is -2.44. The van der Waals surface area contributed by atoms with E-state index in [0.717, 1.165) is 6.61 Å². The lowest BCUT2D eigenvalue weighted by molar-refractivity contribution is 0.316. The van der Waals surface area contributed by atoms with Crippen LogP contribution in [0.5, 0.6) is 0 Å². The largest absolute Gasteiger partial charge is 0.424 e. The monoisotopic (exact) mass is 204 g/mol. The topological polar surface area (TPSA) is 15.7 Å². The molecule has 12 heavy (non-hydrogen) atoms. The second kappa shape index (κ2) is 4.01. The van der Waals surface area contributed by atoms with Crippen LogP contribution in [0.15, 0.2) is 0 Å². The smallest absolute Gasteiger partial charge is 0.216 e. The molecule has 1 aliphatic rings. The molecule has 1 fully saturated rings. The van der Waals surface area contributed by atoms with Gasteiger partial charge < -0.3 is 13.6 Å². The fourth-order valence-electron chi connectivity index (χ4n) is 1.87. The van der Waals surface area contributed by atoms with Crippen molar-refractivity contribution in [3.05, 3.63) is 0 Å². The van der Waals surface area contributed by atoms with Crippen molar-refractivity contribution in [1.82, 2.24) is 9.13 Å². The van der Waals surface area contributed by atoms with Gasteiger partial charge in [-0.25, -0.2) is 0 Å². The van der Waals surface area contributed by atoms with Gasteiger partial charge in [0.2, 0.25) is 7.91 Å². The van der Waals surface area contributed by atoms with Crippen LogP contribution in [0.3, 0.4) is 0 Å². The Labute approximate surface area is 78.6 Å². The van der Waals surface area contributed by atoms with Crippen molar-refractivity contribution in [3.8, 4) is 0 Å². The van der Waals surface area contributed by atoms with E-state index in [1.165, 1.54) is 12.5 Å². The Morgan fingerprint density at radius 2 is 1.75 bits per heavy atom. The van der Waals surface area contributed by atoms with E-state index >= 15 is 0 Å². The molecule has 5 heteroatoms. The molecule has 0 saturated carbocycles. The summed E-state index contributed by atoms with van der Waals surface area (Å²) in [6, 6.07) is 1.40. The fourth-order valence-corrected chi connectivity index (χ4v) is 9.76. The minimum Gasteiger partial charge on any atom is -0.424 e. The number of hydrogen-bond donors (Lipinski definition) is 0. The predicted molar refractivity (Wildman–Crippen MR) is 57.0 cm³/mol. The molecule has 1 heterocycles. The minimum absolute atomic E-state index is 0.289. The molecule has 3 nitrogen and oxygen atoms in total. The number of hydrogen-bond acceptors (Lipinski definition) is 3. The third-order valence-corrected chi connectivity index (χ3v) is 15.2. The van der Waals surface area contributed by atoms with Crippen LogP contribution in [0.2, 0.25) is 6.04 Å². The Hall–Kier alpha value is 0.314. The van der Waals surface area contributed by atoms with Gasteiger partial charge in [0, 0.05) is 6.61 Å². The summed E-state index contributed by atoms with van der Waals surface area (Å²) < 4.78 is 10.6. The van der Waals surface area contributed by atoms with Crippen molar-refractivity contribution in [3.63, 3.8) is 0 Å². The van der Waals surface area contributed by atoms with Gasteiger partial charge in [0.25, 0.3) is 0 Å². The standard InChI is InChI=1S/C7H20N2OSi2/c1-8(2)12(9(3)4)7-5-6-10-11-12/h5-7,11H2,1-4H3. The first-order valence-corrected chi connectivity index (χ1v) is 9.53. The van der Waals surface area contributed by atoms with Crippen LogP contribution in [-0.4, -0.2) is 61.1 Å². The summed E-state index contributed by atoms with van der Waals surface area (Å²) >= 11 is 0. The highest BCUT2D eigenvalue weighted by atomic mass is 29.2. The Kier molecular flexibility index (Phi) is 3.48. The quantitative estimate of drug-likeness (QED) is 0.567. The van der Waals surface area contributed by atoms with Crippen LogP contribution in [-0.2, 0) is 4.43 Å². The summed E-state index contributed by atoms with van der Waals surface area (Å²) in [6.45, 7) is 1.02. The van der Waals surface area contributed by atoms with Gasteiger partial charge in [0.1, 0.15) is 0 Å². The van der Waals surface area contributed by atoms with E-state index in [1.807, 2.05) is 0 Å². The molecule has 0 radical (unpaired) electrons. The molecule has 0 aliphatic carbocycles. The van der Waals surface area contributed by atoms with Gasteiger partial charge in [-0.2, -0.15) is 0 Å². The lowest BCUT2D eigenvalue weighted by atomic mass is 10.5. The molecular weight excluding hydrogens is 184 g/mol. The zero-order chi connectivity index (χ0) is 9.19. The first kappa shape index (κ1) is 10.4. The molecule has 0 aromatic carbocycles. The van der Waals surface area contributed by atoms with E-state index in [1.54, 1.807) is 0 Å². The van der Waals surface area contributed by atoms with E-state index in [2.05, 4.69) is 37.3 Å². The summed E-state index contributed by atoms with van der Waals surface area (Å²) in [4.78, 5) is 0. The molecule has 0 amide bonds. The van der Waals surface area contributed by atoms with E-state index in [-0.39, 0.29) is 9.28 Å². The Balaban J connectivity index is 2.70. The van der Waals surface area contributed by atoms with Gasteiger partial charge in [-0.1, -0.05) is 0 Å². The molecule has 0 N–H and O–H groups in total. The molecule has 72 valence electrons. The normalized spacial score (nSPS) is 25.5. The molecule has 0 unspecified atom stereocenters. The average molecular weight is 204 g/mol. The molecular formula is C7H20N2OSi2. The Morgan fingerprint density at radius 3 is 2.00 bits per heavy atom.